The largest absolute Gasteiger partial charge is 0.490 e. The Morgan fingerprint density at radius 1 is 1.15 bits per heavy atom. The summed E-state index contributed by atoms with van der Waals surface area (Å²) in [4.78, 5) is 32.0. The van der Waals surface area contributed by atoms with E-state index in [9.17, 15) is 9.59 Å². The predicted octanol–water partition coefficient (Wildman–Crippen LogP) is 4.37. The molecular weight excluding hydrogens is 432 g/mol. The number of hydrogen-bond acceptors (Lipinski definition) is 5. The number of hydrogen-bond donors (Lipinski definition) is 2. The second kappa shape index (κ2) is 10.6. The highest BCUT2D eigenvalue weighted by Gasteiger charge is 2.13. The molecule has 0 spiro atoms. The highest BCUT2D eigenvalue weighted by atomic mass is 16.5. The Bertz CT molecular complexity index is 1290. The molecule has 4 rings (SSSR count). The van der Waals surface area contributed by atoms with E-state index in [0.29, 0.717) is 29.8 Å². The van der Waals surface area contributed by atoms with Crippen molar-refractivity contribution in [3.8, 4) is 11.4 Å². The number of amides is 1. The van der Waals surface area contributed by atoms with Crippen LogP contribution in [-0.2, 0) is 11.3 Å². The fourth-order valence-corrected chi connectivity index (χ4v) is 3.68. The van der Waals surface area contributed by atoms with E-state index in [1.807, 2.05) is 54.0 Å². The fourth-order valence-electron chi connectivity index (χ4n) is 3.68. The van der Waals surface area contributed by atoms with Crippen molar-refractivity contribution in [1.29, 1.82) is 0 Å². The molecule has 8 heteroatoms. The molecule has 0 saturated carbocycles. The monoisotopic (exact) mass is 458 g/mol. The summed E-state index contributed by atoms with van der Waals surface area (Å²) in [5.74, 6) is -0.337. The fraction of sp³-hybridized carbons (Fsp3) is 0.231. The molecule has 0 radical (unpaired) electrons. The van der Waals surface area contributed by atoms with Crippen molar-refractivity contribution in [1.82, 2.24) is 19.9 Å². The Labute approximate surface area is 197 Å². The molecular formula is C26H26N4O4. The van der Waals surface area contributed by atoms with E-state index >= 15 is 0 Å². The number of imidazole rings is 1. The average Bonchev–Trinajstić information content (AvgIpc) is 3.29. The van der Waals surface area contributed by atoms with Gasteiger partial charge in [-0.05, 0) is 54.8 Å². The molecule has 2 heterocycles. The quantitative estimate of drug-likeness (QED) is 0.365. The molecule has 34 heavy (non-hydrogen) atoms. The van der Waals surface area contributed by atoms with E-state index in [0.717, 1.165) is 23.2 Å². The van der Waals surface area contributed by atoms with Crippen molar-refractivity contribution in [3.05, 3.63) is 84.4 Å². The van der Waals surface area contributed by atoms with Gasteiger partial charge in [-0.1, -0.05) is 19.1 Å². The molecule has 8 nitrogen and oxygen atoms in total. The number of carboxylic acid groups (broad SMARTS) is 1. The molecule has 0 bridgehead atoms. The summed E-state index contributed by atoms with van der Waals surface area (Å²) in [7, 11) is 0. The van der Waals surface area contributed by atoms with Crippen LogP contribution in [0.25, 0.3) is 16.7 Å². The van der Waals surface area contributed by atoms with Crippen molar-refractivity contribution in [3.63, 3.8) is 0 Å². The molecule has 0 aliphatic rings. The minimum absolute atomic E-state index is 0.0719. The highest BCUT2D eigenvalue weighted by Crippen LogP contribution is 2.24. The van der Waals surface area contributed by atoms with Crippen LogP contribution in [-0.4, -0.2) is 37.6 Å². The number of nitrogens with one attached hydrogen (secondary N) is 1. The first kappa shape index (κ1) is 23.0. The first-order chi connectivity index (χ1) is 16.5. The minimum Gasteiger partial charge on any atom is -0.490 e. The van der Waals surface area contributed by atoms with Crippen molar-refractivity contribution >= 4 is 22.9 Å². The first-order valence-electron chi connectivity index (χ1n) is 11.2. The summed E-state index contributed by atoms with van der Waals surface area (Å²) in [6.07, 6.45) is 6.20. The number of rotatable bonds is 10. The van der Waals surface area contributed by atoms with E-state index in [4.69, 9.17) is 9.84 Å². The zero-order valence-corrected chi connectivity index (χ0v) is 18.8. The first-order valence-corrected chi connectivity index (χ1v) is 11.2. The Hall–Kier alpha value is -4.20. The summed E-state index contributed by atoms with van der Waals surface area (Å²) in [5.41, 5.74) is 3.88. The Morgan fingerprint density at radius 2 is 2.03 bits per heavy atom. The SMILES string of the molecule is CCC(CCC(=O)O)Oc1cccc(-n2cnc3cc(C(=O)NCc4cccnc4)ccc32)c1. The molecule has 0 fully saturated rings. The molecule has 1 atom stereocenters. The van der Waals surface area contributed by atoms with E-state index in [2.05, 4.69) is 15.3 Å². The van der Waals surface area contributed by atoms with Gasteiger partial charge < -0.3 is 15.2 Å². The number of aliphatic carboxylic acids is 1. The summed E-state index contributed by atoms with van der Waals surface area (Å²) in [6.45, 7) is 2.38. The van der Waals surface area contributed by atoms with Gasteiger partial charge in [-0.2, -0.15) is 0 Å². The number of pyridine rings is 1. The van der Waals surface area contributed by atoms with E-state index in [-0.39, 0.29) is 18.4 Å². The van der Waals surface area contributed by atoms with Gasteiger partial charge in [0, 0.05) is 37.0 Å². The maximum absolute atomic E-state index is 12.6. The van der Waals surface area contributed by atoms with Crippen LogP contribution in [0, 0.1) is 0 Å². The Kier molecular flexibility index (Phi) is 7.17. The molecule has 1 unspecified atom stereocenters. The molecule has 174 valence electrons. The average molecular weight is 459 g/mol. The van der Waals surface area contributed by atoms with Gasteiger partial charge in [0.1, 0.15) is 12.1 Å². The van der Waals surface area contributed by atoms with Gasteiger partial charge >= 0.3 is 5.97 Å². The highest BCUT2D eigenvalue weighted by molar-refractivity contribution is 5.97. The van der Waals surface area contributed by atoms with Crippen molar-refractivity contribution < 1.29 is 19.4 Å². The zero-order valence-electron chi connectivity index (χ0n) is 18.8. The van der Waals surface area contributed by atoms with Gasteiger partial charge in [-0.3, -0.25) is 19.1 Å². The van der Waals surface area contributed by atoms with Crippen LogP contribution in [0.5, 0.6) is 5.75 Å². The molecule has 2 N–H and O–H groups in total. The molecule has 0 aliphatic heterocycles. The lowest BCUT2D eigenvalue weighted by Crippen LogP contribution is -2.22. The normalized spacial score (nSPS) is 11.8. The number of carboxylic acids is 1. The molecule has 1 amide bonds. The molecule has 2 aromatic heterocycles. The maximum atomic E-state index is 12.6. The number of carbonyl (C=O) groups excluding carboxylic acids is 1. The van der Waals surface area contributed by atoms with E-state index in [1.165, 1.54) is 0 Å². The second-order valence-corrected chi connectivity index (χ2v) is 7.94. The van der Waals surface area contributed by atoms with Gasteiger partial charge in [-0.25, -0.2) is 4.98 Å². The third kappa shape index (κ3) is 5.58. The molecule has 0 aliphatic carbocycles. The van der Waals surface area contributed by atoms with Crippen LogP contribution in [0.2, 0.25) is 0 Å². The second-order valence-electron chi connectivity index (χ2n) is 7.94. The van der Waals surface area contributed by atoms with Crippen LogP contribution < -0.4 is 10.1 Å². The number of nitrogens with zero attached hydrogens (tertiary/aromatic N) is 3. The number of ether oxygens (including phenoxy) is 1. The number of carbonyl (C=O) groups is 2. The standard InChI is InChI=1S/C26H26N4O4/c1-2-21(9-11-25(31)32)34-22-7-3-6-20(14-22)30-17-29-23-13-19(8-10-24(23)30)26(33)28-16-18-5-4-12-27-15-18/h3-8,10,12-15,17,21H,2,9,11,16H2,1H3,(H,28,33)(H,31,32). The number of fused-ring (bicyclic) bond motifs is 1. The summed E-state index contributed by atoms with van der Waals surface area (Å²) in [5, 5.41) is 11.8. The number of benzene rings is 2. The number of aromatic nitrogens is 3. The Morgan fingerprint density at radius 3 is 2.79 bits per heavy atom. The van der Waals surface area contributed by atoms with Crippen LogP contribution in [0.15, 0.2) is 73.3 Å². The minimum atomic E-state index is -0.828. The third-order valence-electron chi connectivity index (χ3n) is 5.52. The van der Waals surface area contributed by atoms with Crippen molar-refractivity contribution in [2.75, 3.05) is 0 Å². The van der Waals surface area contributed by atoms with Gasteiger partial charge in [-0.15, -0.1) is 0 Å². The lowest BCUT2D eigenvalue weighted by Gasteiger charge is -2.17. The van der Waals surface area contributed by atoms with Crippen LogP contribution >= 0.6 is 0 Å². The summed E-state index contributed by atoms with van der Waals surface area (Å²) in [6, 6.07) is 16.7. The van der Waals surface area contributed by atoms with Gasteiger partial charge in [0.25, 0.3) is 5.91 Å². The molecule has 2 aromatic carbocycles. The topological polar surface area (TPSA) is 106 Å². The maximum Gasteiger partial charge on any atom is 0.303 e. The van der Waals surface area contributed by atoms with Crippen molar-refractivity contribution in [2.24, 2.45) is 0 Å². The molecule has 0 saturated heterocycles. The lowest BCUT2D eigenvalue weighted by atomic mass is 10.1. The summed E-state index contributed by atoms with van der Waals surface area (Å²) >= 11 is 0. The lowest BCUT2D eigenvalue weighted by molar-refractivity contribution is -0.137. The van der Waals surface area contributed by atoms with Crippen LogP contribution in [0.1, 0.15) is 42.1 Å². The van der Waals surface area contributed by atoms with Gasteiger partial charge in [0.2, 0.25) is 0 Å². The van der Waals surface area contributed by atoms with E-state index < -0.39 is 5.97 Å². The predicted molar refractivity (Wildman–Crippen MR) is 128 cm³/mol. The zero-order chi connectivity index (χ0) is 23.9. The molecule has 4 aromatic rings. The Balaban J connectivity index is 1.49. The van der Waals surface area contributed by atoms with Gasteiger partial charge in [0.15, 0.2) is 0 Å². The van der Waals surface area contributed by atoms with Gasteiger partial charge in [0.05, 0.1) is 22.8 Å². The smallest absolute Gasteiger partial charge is 0.303 e. The van der Waals surface area contributed by atoms with E-state index in [1.54, 1.807) is 30.9 Å². The van der Waals surface area contributed by atoms with Crippen molar-refractivity contribution in [2.45, 2.75) is 38.8 Å². The third-order valence-corrected chi connectivity index (χ3v) is 5.52. The summed E-state index contributed by atoms with van der Waals surface area (Å²) < 4.78 is 7.95. The van der Waals surface area contributed by atoms with Crippen LogP contribution in [0.4, 0.5) is 0 Å². The van der Waals surface area contributed by atoms with Crippen LogP contribution in [0.3, 0.4) is 0 Å².